The van der Waals surface area contributed by atoms with Crippen molar-refractivity contribution in [3.63, 3.8) is 0 Å². The first kappa shape index (κ1) is 33.6. The highest BCUT2D eigenvalue weighted by atomic mass is 31.2. The van der Waals surface area contributed by atoms with Gasteiger partial charge in [0.15, 0.2) is 0 Å². The van der Waals surface area contributed by atoms with Crippen molar-refractivity contribution in [2.45, 2.75) is 142 Å². The molecule has 1 atom stereocenters. The second-order valence-corrected chi connectivity index (χ2v) is 11.9. The lowest BCUT2D eigenvalue weighted by Crippen LogP contribution is -2.29. The number of unbranched alkanes of at least 4 members (excludes halogenated alkanes) is 13. The molecule has 204 valence electrons. The normalized spacial score (nSPS) is 13.7. The van der Waals surface area contributed by atoms with Crippen molar-refractivity contribution < 1.29 is 28.3 Å². The molecule has 0 aliphatic carbocycles. The summed E-state index contributed by atoms with van der Waals surface area (Å²) < 4.78 is 28.3. The van der Waals surface area contributed by atoms with Crippen LogP contribution < -0.4 is 0 Å². The van der Waals surface area contributed by atoms with E-state index in [0.29, 0.717) is 32.7 Å². The Kier molecular flexibility index (Phi) is 21.6. The monoisotopic (exact) mass is 506 g/mol. The molecule has 0 heterocycles. The van der Waals surface area contributed by atoms with Gasteiger partial charge in [0.05, 0.1) is 38.0 Å². The molecule has 6 nitrogen and oxygen atoms in total. The van der Waals surface area contributed by atoms with Crippen molar-refractivity contribution in [3.05, 3.63) is 0 Å². The maximum Gasteiger partial charge on any atom is 0.330 e. The fourth-order valence-electron chi connectivity index (χ4n) is 4.15. The van der Waals surface area contributed by atoms with Crippen LogP contribution in [0.1, 0.15) is 137 Å². The third kappa shape index (κ3) is 20.9. The largest absolute Gasteiger partial charge is 0.466 e. The van der Waals surface area contributed by atoms with Crippen LogP contribution in [0.4, 0.5) is 0 Å². The Morgan fingerprint density at radius 3 is 1.62 bits per heavy atom. The molecule has 0 radical (unpaired) electrons. The van der Waals surface area contributed by atoms with Gasteiger partial charge in [0.1, 0.15) is 0 Å². The van der Waals surface area contributed by atoms with E-state index in [9.17, 15) is 14.5 Å². The summed E-state index contributed by atoms with van der Waals surface area (Å²) >= 11 is 0. The summed E-state index contributed by atoms with van der Waals surface area (Å²) in [5.74, 6) is -0.377. The lowest BCUT2D eigenvalue weighted by molar-refractivity contribution is -0.149. The molecule has 1 unspecified atom stereocenters. The van der Waals surface area contributed by atoms with Crippen LogP contribution in [0.5, 0.6) is 0 Å². The van der Waals surface area contributed by atoms with Crippen LogP contribution >= 0.6 is 7.60 Å². The molecule has 34 heavy (non-hydrogen) atoms. The smallest absolute Gasteiger partial charge is 0.330 e. The summed E-state index contributed by atoms with van der Waals surface area (Å²) in [7, 11) is -3.11. The fourth-order valence-corrected chi connectivity index (χ4v) is 5.81. The summed E-state index contributed by atoms with van der Waals surface area (Å²) in [6.45, 7) is 8.48. The van der Waals surface area contributed by atoms with Crippen LogP contribution in [0.3, 0.4) is 0 Å². The minimum Gasteiger partial charge on any atom is -0.466 e. The molecule has 0 aromatic heterocycles. The molecule has 0 aromatic carbocycles. The maximum atomic E-state index is 12.5. The Morgan fingerprint density at radius 2 is 1.18 bits per heavy atom. The van der Waals surface area contributed by atoms with Crippen LogP contribution in [0, 0.1) is 0 Å². The predicted molar refractivity (Wildman–Crippen MR) is 141 cm³/mol. The Morgan fingerprint density at radius 1 is 0.735 bits per heavy atom. The topological polar surface area (TPSA) is 82.1 Å². The molecule has 1 N–H and O–H groups in total. The number of carbonyl (C=O) groups excluding carboxylic acids is 1. The van der Waals surface area contributed by atoms with E-state index in [2.05, 4.69) is 6.92 Å². The quantitative estimate of drug-likeness (QED) is 0.0763. The first-order valence-corrected chi connectivity index (χ1v) is 15.8. The number of esters is 1. The Balaban J connectivity index is 3.67. The molecule has 0 spiro atoms. The van der Waals surface area contributed by atoms with Crippen LogP contribution in [-0.2, 0) is 23.1 Å². The summed E-state index contributed by atoms with van der Waals surface area (Å²) in [6, 6.07) is 0. The van der Waals surface area contributed by atoms with E-state index < -0.39 is 13.2 Å². The van der Waals surface area contributed by atoms with Crippen LogP contribution in [0.15, 0.2) is 0 Å². The van der Waals surface area contributed by atoms with Crippen LogP contribution in [0.25, 0.3) is 0 Å². The van der Waals surface area contributed by atoms with E-state index in [1.807, 2.05) is 0 Å². The molecule has 0 saturated carbocycles. The van der Waals surface area contributed by atoms with Gasteiger partial charge in [-0.05, 0) is 40.0 Å². The molecule has 0 amide bonds. The van der Waals surface area contributed by atoms with Gasteiger partial charge in [0, 0.05) is 0 Å². The van der Waals surface area contributed by atoms with E-state index in [1.54, 1.807) is 20.8 Å². The van der Waals surface area contributed by atoms with E-state index in [1.165, 1.54) is 77.0 Å². The van der Waals surface area contributed by atoms with Crippen molar-refractivity contribution >= 4 is 13.6 Å². The molecule has 0 bridgehead atoms. The molecule has 0 saturated heterocycles. The van der Waals surface area contributed by atoms with Gasteiger partial charge >= 0.3 is 13.6 Å². The van der Waals surface area contributed by atoms with Gasteiger partial charge in [0.25, 0.3) is 0 Å². The van der Waals surface area contributed by atoms with Crippen LogP contribution in [-0.4, -0.2) is 42.7 Å². The number of carbonyl (C=O) groups is 1. The van der Waals surface area contributed by atoms with Crippen LogP contribution in [0.2, 0.25) is 0 Å². The van der Waals surface area contributed by atoms with Crippen molar-refractivity contribution in [2.75, 3.05) is 26.0 Å². The molecule has 0 aliphatic heterocycles. The van der Waals surface area contributed by atoms with E-state index in [0.717, 1.165) is 12.8 Å². The first-order chi connectivity index (χ1) is 16.3. The van der Waals surface area contributed by atoms with Gasteiger partial charge in [-0.2, -0.15) is 0 Å². The molecular weight excluding hydrogens is 451 g/mol. The Hall–Kier alpha value is -0.420. The third-order valence-corrected chi connectivity index (χ3v) is 8.25. The average molecular weight is 507 g/mol. The zero-order chi connectivity index (χ0) is 25.5. The van der Waals surface area contributed by atoms with Gasteiger partial charge < -0.3 is 18.9 Å². The second-order valence-electron chi connectivity index (χ2n) is 9.76. The van der Waals surface area contributed by atoms with E-state index in [-0.39, 0.29) is 18.6 Å². The number of ether oxygens (including phenoxy) is 1. The molecule has 0 aliphatic rings. The zero-order valence-electron chi connectivity index (χ0n) is 22.8. The molecule has 7 heteroatoms. The molecule has 0 fully saturated rings. The maximum absolute atomic E-state index is 12.5. The number of aliphatic hydroxyl groups is 1. The zero-order valence-corrected chi connectivity index (χ0v) is 23.7. The molecule has 0 rings (SSSR count). The SMILES string of the molecule is CCCCCCCCCCCCCCCCOC(=O)CC(C)(O)CCCP(=O)(OCC)OCC. The Bertz CT molecular complexity index is 513. The summed E-state index contributed by atoms with van der Waals surface area (Å²) in [6.07, 6.45) is 19.0. The van der Waals surface area contributed by atoms with Gasteiger partial charge in [-0.1, -0.05) is 90.4 Å². The lowest BCUT2D eigenvalue weighted by Gasteiger charge is -2.23. The number of rotatable bonds is 25. The van der Waals surface area contributed by atoms with Crippen molar-refractivity contribution in [2.24, 2.45) is 0 Å². The predicted octanol–water partition coefficient (Wildman–Crippen LogP) is 8.20. The highest BCUT2D eigenvalue weighted by Gasteiger charge is 2.28. The summed E-state index contributed by atoms with van der Waals surface area (Å²) in [5.41, 5.74) is -1.18. The minimum atomic E-state index is -3.11. The minimum absolute atomic E-state index is 0.0564. The van der Waals surface area contributed by atoms with Crippen molar-refractivity contribution in [1.29, 1.82) is 0 Å². The molecular formula is C27H55O6P. The third-order valence-electron chi connectivity index (χ3n) is 6.09. The van der Waals surface area contributed by atoms with E-state index in [4.69, 9.17) is 13.8 Å². The standard InChI is InChI=1S/C27H55O6P/c1-5-8-9-10-11-12-13-14-15-16-17-18-19-20-23-31-26(28)25-27(4,29)22-21-24-34(30,32-6-2)33-7-3/h29H,5-25H2,1-4H3. The van der Waals surface area contributed by atoms with Crippen molar-refractivity contribution in [3.8, 4) is 0 Å². The Labute approximate surface area is 210 Å². The number of hydrogen-bond donors (Lipinski definition) is 1. The summed E-state index contributed by atoms with van der Waals surface area (Å²) in [4.78, 5) is 12.1. The fraction of sp³-hybridized carbons (Fsp3) is 0.963. The van der Waals surface area contributed by atoms with Gasteiger partial charge in [0.2, 0.25) is 0 Å². The summed E-state index contributed by atoms with van der Waals surface area (Å²) in [5, 5.41) is 10.5. The second kappa shape index (κ2) is 21.8. The highest BCUT2D eigenvalue weighted by molar-refractivity contribution is 7.53. The van der Waals surface area contributed by atoms with Crippen molar-refractivity contribution in [1.82, 2.24) is 0 Å². The van der Waals surface area contributed by atoms with E-state index >= 15 is 0 Å². The van der Waals surface area contributed by atoms with Gasteiger partial charge in [-0.3, -0.25) is 9.36 Å². The highest BCUT2D eigenvalue weighted by Crippen LogP contribution is 2.49. The average Bonchev–Trinajstić information content (AvgIpc) is 2.76. The van der Waals surface area contributed by atoms with Gasteiger partial charge in [-0.15, -0.1) is 0 Å². The molecule has 0 aromatic rings. The number of hydrogen-bond acceptors (Lipinski definition) is 6. The lowest BCUT2D eigenvalue weighted by atomic mass is 9.97. The van der Waals surface area contributed by atoms with Gasteiger partial charge in [-0.25, -0.2) is 0 Å². The first-order valence-electron chi connectivity index (χ1n) is 14.0.